The van der Waals surface area contributed by atoms with Crippen LogP contribution in [-0.2, 0) is 12.8 Å². The summed E-state index contributed by atoms with van der Waals surface area (Å²) in [4.78, 5) is 25.7. The molecular weight excluding hydrogens is 324 g/mol. The molecule has 0 bridgehead atoms. The Morgan fingerprint density at radius 1 is 1.17 bits per heavy atom. The Kier molecular flexibility index (Phi) is 4.76. The average molecular weight is 346 g/mol. The Hall–Kier alpha value is -2.08. The quantitative estimate of drug-likeness (QED) is 0.882. The van der Waals surface area contributed by atoms with Gasteiger partial charge in [-0.05, 0) is 51.2 Å². The van der Waals surface area contributed by atoms with Gasteiger partial charge in [-0.3, -0.25) is 9.59 Å². The highest BCUT2D eigenvalue weighted by molar-refractivity contribution is 7.17. The molecule has 0 atom stereocenters. The lowest BCUT2D eigenvalue weighted by atomic mass is 9.96. The summed E-state index contributed by atoms with van der Waals surface area (Å²) >= 11 is 1.49. The molecule has 0 aromatic carbocycles. The van der Waals surface area contributed by atoms with Gasteiger partial charge in [0.2, 0.25) is 0 Å². The lowest BCUT2D eigenvalue weighted by molar-refractivity contribution is 0.100. The number of carbonyl (C=O) groups is 2. The third-order valence-electron chi connectivity index (χ3n) is 4.43. The Bertz CT molecular complexity index is 789. The van der Waals surface area contributed by atoms with Crippen LogP contribution in [0.1, 0.15) is 68.4 Å². The summed E-state index contributed by atoms with van der Waals surface area (Å²) in [5, 5.41) is 3.45. The molecule has 0 saturated carbocycles. The van der Waals surface area contributed by atoms with Crippen molar-refractivity contribution in [3.8, 4) is 0 Å². The minimum atomic E-state index is -0.469. The van der Waals surface area contributed by atoms with Gasteiger partial charge in [0.25, 0.3) is 11.8 Å². The Morgan fingerprint density at radius 2 is 1.88 bits per heavy atom. The first-order valence-electron chi connectivity index (χ1n) is 8.30. The zero-order valence-electron chi connectivity index (χ0n) is 14.0. The van der Waals surface area contributed by atoms with E-state index in [0.717, 1.165) is 31.2 Å². The molecule has 2 amide bonds. The molecule has 0 radical (unpaired) electrons. The number of furan rings is 1. The van der Waals surface area contributed by atoms with Crippen LogP contribution in [0.4, 0.5) is 5.00 Å². The van der Waals surface area contributed by atoms with Gasteiger partial charge in [-0.15, -0.1) is 11.3 Å². The number of hydrogen-bond acceptors (Lipinski definition) is 4. The second kappa shape index (κ2) is 6.81. The van der Waals surface area contributed by atoms with E-state index < -0.39 is 5.91 Å². The predicted molar refractivity (Wildman–Crippen MR) is 94.8 cm³/mol. The van der Waals surface area contributed by atoms with Gasteiger partial charge < -0.3 is 15.5 Å². The average Bonchev–Trinajstić information content (AvgIpc) is 2.99. The third kappa shape index (κ3) is 3.24. The van der Waals surface area contributed by atoms with Crippen molar-refractivity contribution in [2.24, 2.45) is 5.73 Å². The van der Waals surface area contributed by atoms with Crippen molar-refractivity contribution in [1.29, 1.82) is 0 Å². The first kappa shape index (κ1) is 16.8. The van der Waals surface area contributed by atoms with E-state index in [1.54, 1.807) is 19.9 Å². The summed E-state index contributed by atoms with van der Waals surface area (Å²) in [7, 11) is 0. The SMILES string of the molecule is Cc1cc(C(=O)Nc2sc3c(c2C(N)=O)CCCCCC3)c(C)o1. The molecule has 128 valence electrons. The predicted octanol–water partition coefficient (Wildman–Crippen LogP) is 3.97. The highest BCUT2D eigenvalue weighted by Crippen LogP contribution is 2.37. The maximum absolute atomic E-state index is 12.6. The van der Waals surface area contributed by atoms with Crippen LogP contribution in [0.25, 0.3) is 0 Å². The fourth-order valence-electron chi connectivity index (χ4n) is 3.29. The summed E-state index contributed by atoms with van der Waals surface area (Å²) < 4.78 is 5.42. The lowest BCUT2D eigenvalue weighted by Gasteiger charge is -2.10. The molecule has 0 aliphatic heterocycles. The summed E-state index contributed by atoms with van der Waals surface area (Å²) in [6.07, 6.45) is 6.33. The third-order valence-corrected chi connectivity index (χ3v) is 5.64. The number of nitrogens with two attached hydrogens (primary N) is 1. The largest absolute Gasteiger partial charge is 0.466 e. The molecular formula is C18H22N2O3S. The number of anilines is 1. The van der Waals surface area contributed by atoms with Crippen molar-refractivity contribution < 1.29 is 14.0 Å². The van der Waals surface area contributed by atoms with Crippen LogP contribution >= 0.6 is 11.3 Å². The molecule has 2 aromatic heterocycles. The molecule has 2 heterocycles. The van der Waals surface area contributed by atoms with Crippen molar-refractivity contribution in [1.82, 2.24) is 0 Å². The van der Waals surface area contributed by atoms with Crippen LogP contribution in [0.15, 0.2) is 10.5 Å². The normalized spacial score (nSPS) is 14.6. The van der Waals surface area contributed by atoms with Gasteiger partial charge in [0, 0.05) is 4.88 Å². The molecule has 1 aliphatic carbocycles. The highest BCUT2D eigenvalue weighted by atomic mass is 32.1. The number of fused-ring (bicyclic) bond motifs is 1. The van der Waals surface area contributed by atoms with E-state index in [1.807, 2.05) is 0 Å². The molecule has 2 aromatic rings. The summed E-state index contributed by atoms with van der Waals surface area (Å²) in [5.41, 5.74) is 7.63. The van der Waals surface area contributed by atoms with E-state index in [1.165, 1.54) is 29.1 Å². The van der Waals surface area contributed by atoms with Crippen molar-refractivity contribution in [3.63, 3.8) is 0 Å². The zero-order chi connectivity index (χ0) is 17.3. The summed E-state index contributed by atoms with van der Waals surface area (Å²) in [6, 6.07) is 1.71. The van der Waals surface area contributed by atoms with Crippen molar-refractivity contribution >= 4 is 28.2 Å². The van der Waals surface area contributed by atoms with E-state index in [4.69, 9.17) is 10.2 Å². The number of primary amides is 1. The first-order chi connectivity index (χ1) is 11.5. The fourth-order valence-corrected chi connectivity index (χ4v) is 4.58. The van der Waals surface area contributed by atoms with Crippen LogP contribution in [0, 0.1) is 13.8 Å². The van der Waals surface area contributed by atoms with E-state index in [2.05, 4.69) is 5.32 Å². The molecule has 1 aliphatic rings. The van der Waals surface area contributed by atoms with Gasteiger partial charge in [0.05, 0.1) is 11.1 Å². The molecule has 24 heavy (non-hydrogen) atoms. The standard InChI is InChI=1S/C18H22N2O3S/c1-10-9-13(11(2)23-10)17(22)20-18-15(16(19)21)12-7-5-3-4-6-8-14(12)24-18/h9H,3-8H2,1-2H3,(H2,19,21)(H,20,22). The van der Waals surface area contributed by atoms with E-state index in [-0.39, 0.29) is 5.91 Å². The number of aryl methyl sites for hydroxylation is 3. The Labute approximate surface area is 145 Å². The number of amides is 2. The van der Waals surface area contributed by atoms with Crippen LogP contribution < -0.4 is 11.1 Å². The van der Waals surface area contributed by atoms with Crippen LogP contribution in [0.5, 0.6) is 0 Å². The van der Waals surface area contributed by atoms with Crippen molar-refractivity contribution in [3.05, 3.63) is 39.2 Å². The topological polar surface area (TPSA) is 85.3 Å². The van der Waals surface area contributed by atoms with Gasteiger partial charge in [0.15, 0.2) is 0 Å². The molecule has 5 nitrogen and oxygen atoms in total. The van der Waals surface area contributed by atoms with Crippen molar-refractivity contribution in [2.45, 2.75) is 52.4 Å². The zero-order valence-corrected chi connectivity index (χ0v) is 14.8. The van der Waals surface area contributed by atoms with E-state index >= 15 is 0 Å². The van der Waals surface area contributed by atoms with E-state index in [9.17, 15) is 9.59 Å². The monoisotopic (exact) mass is 346 g/mol. The van der Waals surface area contributed by atoms with Gasteiger partial charge in [-0.1, -0.05) is 12.8 Å². The minimum Gasteiger partial charge on any atom is -0.466 e. The number of nitrogens with one attached hydrogen (secondary N) is 1. The van der Waals surface area contributed by atoms with Crippen LogP contribution in [-0.4, -0.2) is 11.8 Å². The summed E-state index contributed by atoms with van der Waals surface area (Å²) in [6.45, 7) is 3.56. The molecule has 0 spiro atoms. The second-order valence-electron chi connectivity index (χ2n) is 6.27. The van der Waals surface area contributed by atoms with Crippen LogP contribution in [0.3, 0.4) is 0 Å². The number of hydrogen-bond donors (Lipinski definition) is 2. The molecule has 0 unspecified atom stereocenters. The van der Waals surface area contributed by atoms with Gasteiger partial charge in [-0.2, -0.15) is 0 Å². The molecule has 3 rings (SSSR count). The van der Waals surface area contributed by atoms with Crippen LogP contribution in [0.2, 0.25) is 0 Å². The molecule has 0 fully saturated rings. The maximum atomic E-state index is 12.6. The second-order valence-corrected chi connectivity index (χ2v) is 7.37. The van der Waals surface area contributed by atoms with Gasteiger partial charge in [-0.25, -0.2) is 0 Å². The van der Waals surface area contributed by atoms with E-state index in [0.29, 0.717) is 27.6 Å². The Morgan fingerprint density at radius 3 is 2.50 bits per heavy atom. The highest BCUT2D eigenvalue weighted by Gasteiger charge is 2.25. The Balaban J connectivity index is 1.95. The molecule has 6 heteroatoms. The van der Waals surface area contributed by atoms with Gasteiger partial charge >= 0.3 is 0 Å². The molecule has 3 N–H and O–H groups in total. The number of carbonyl (C=O) groups excluding carboxylic acids is 2. The minimum absolute atomic E-state index is 0.263. The summed E-state index contributed by atoms with van der Waals surface area (Å²) in [5.74, 6) is 0.524. The first-order valence-corrected chi connectivity index (χ1v) is 9.11. The smallest absolute Gasteiger partial charge is 0.259 e. The lowest BCUT2D eigenvalue weighted by Crippen LogP contribution is -2.18. The van der Waals surface area contributed by atoms with Crippen molar-refractivity contribution in [2.75, 3.05) is 5.32 Å². The maximum Gasteiger partial charge on any atom is 0.259 e. The number of thiophene rings is 1. The fraction of sp³-hybridized carbons (Fsp3) is 0.444. The van der Waals surface area contributed by atoms with Gasteiger partial charge in [0.1, 0.15) is 16.5 Å². The number of rotatable bonds is 3. The molecule has 0 saturated heterocycles.